The number of thioether (sulfide) groups is 1. The van der Waals surface area contributed by atoms with Crippen molar-refractivity contribution in [2.24, 2.45) is 0 Å². The second-order valence-corrected chi connectivity index (χ2v) is 9.04. The lowest BCUT2D eigenvalue weighted by molar-refractivity contribution is -0.123. The summed E-state index contributed by atoms with van der Waals surface area (Å²) in [6.45, 7) is 0.934. The van der Waals surface area contributed by atoms with Crippen LogP contribution in [0.5, 0.6) is 0 Å². The number of para-hydroxylation sites is 1. The van der Waals surface area contributed by atoms with Crippen LogP contribution >= 0.6 is 23.4 Å². The van der Waals surface area contributed by atoms with Gasteiger partial charge < -0.3 is 4.57 Å². The zero-order valence-corrected chi connectivity index (χ0v) is 18.6. The Labute approximate surface area is 195 Å². The fourth-order valence-corrected chi connectivity index (χ4v) is 4.94. The molecule has 1 fully saturated rings. The minimum Gasteiger partial charge on any atom is -0.342 e. The van der Waals surface area contributed by atoms with Crippen molar-refractivity contribution in [3.8, 4) is 0 Å². The second-order valence-electron chi connectivity index (χ2n) is 7.61. The molecule has 1 aliphatic heterocycles. The van der Waals surface area contributed by atoms with Crippen molar-refractivity contribution in [2.45, 2.75) is 13.1 Å². The van der Waals surface area contributed by atoms with Crippen molar-refractivity contribution in [1.29, 1.82) is 0 Å². The number of aromatic nitrogens is 1. The molecule has 0 saturated carbocycles. The topological polar surface area (TPSA) is 42.3 Å². The molecule has 0 N–H and O–H groups in total. The molecule has 0 bridgehead atoms. The molecule has 2 amide bonds. The van der Waals surface area contributed by atoms with Gasteiger partial charge in [-0.25, -0.2) is 0 Å². The van der Waals surface area contributed by atoms with E-state index in [0.29, 0.717) is 16.5 Å². The minimum atomic E-state index is -0.254. The highest BCUT2D eigenvalue weighted by Gasteiger charge is 2.35. The van der Waals surface area contributed by atoms with Gasteiger partial charge in [-0.1, -0.05) is 72.3 Å². The first-order chi connectivity index (χ1) is 15.6. The molecular weight excluding hydrogens is 440 g/mol. The number of fused-ring (bicyclic) bond motifs is 1. The van der Waals surface area contributed by atoms with E-state index < -0.39 is 0 Å². The van der Waals surface area contributed by atoms with Crippen LogP contribution in [0.4, 0.5) is 4.79 Å². The van der Waals surface area contributed by atoms with Crippen molar-refractivity contribution in [3.63, 3.8) is 0 Å². The summed E-state index contributed by atoms with van der Waals surface area (Å²) in [5.74, 6) is -0.254. The Balaban J connectivity index is 1.47. The Morgan fingerprint density at radius 2 is 1.59 bits per heavy atom. The van der Waals surface area contributed by atoms with Gasteiger partial charge in [0.2, 0.25) is 0 Å². The van der Waals surface area contributed by atoms with Gasteiger partial charge in [0.25, 0.3) is 11.1 Å². The Kier molecular flexibility index (Phi) is 5.60. The third-order valence-corrected chi connectivity index (χ3v) is 6.55. The van der Waals surface area contributed by atoms with Gasteiger partial charge in [0.1, 0.15) is 0 Å². The third-order valence-electron chi connectivity index (χ3n) is 5.41. The summed E-state index contributed by atoms with van der Waals surface area (Å²) in [5.41, 5.74) is 3.98. The largest absolute Gasteiger partial charge is 0.342 e. The molecule has 0 atom stereocenters. The summed E-state index contributed by atoms with van der Waals surface area (Å²) in [7, 11) is 0. The fraction of sp³-hybridized carbons (Fsp3) is 0.0769. The highest BCUT2D eigenvalue weighted by molar-refractivity contribution is 8.18. The number of amides is 2. The summed E-state index contributed by atoms with van der Waals surface area (Å²) < 4.78 is 2.14. The number of imide groups is 1. The van der Waals surface area contributed by atoms with Crippen molar-refractivity contribution in [3.05, 3.63) is 112 Å². The summed E-state index contributed by atoms with van der Waals surface area (Å²) in [4.78, 5) is 27.3. The first kappa shape index (κ1) is 20.6. The van der Waals surface area contributed by atoms with E-state index in [4.69, 9.17) is 11.6 Å². The molecule has 0 unspecified atom stereocenters. The average Bonchev–Trinajstić information content (AvgIpc) is 3.27. The standard InChI is InChI=1S/C26H19ClN2O2S/c27-21-10-6-9-19(13-21)15-28-17-20(22-11-4-5-12-23(22)28)14-24-25(30)29(26(31)32-24)16-18-7-2-1-3-8-18/h1-14,17H,15-16H2/b24-14-. The summed E-state index contributed by atoms with van der Waals surface area (Å²) >= 11 is 7.15. The van der Waals surface area contributed by atoms with Gasteiger partial charge in [0.15, 0.2) is 0 Å². The maximum absolute atomic E-state index is 13.0. The maximum Gasteiger partial charge on any atom is 0.293 e. The van der Waals surface area contributed by atoms with Crippen molar-refractivity contribution >= 4 is 51.5 Å². The number of carbonyl (C=O) groups is 2. The van der Waals surface area contributed by atoms with Crippen LogP contribution < -0.4 is 0 Å². The van der Waals surface area contributed by atoms with E-state index in [1.165, 1.54) is 4.90 Å². The predicted molar refractivity (Wildman–Crippen MR) is 130 cm³/mol. The van der Waals surface area contributed by atoms with E-state index in [1.807, 2.05) is 85.1 Å². The number of halogens is 1. The van der Waals surface area contributed by atoms with E-state index in [-0.39, 0.29) is 17.7 Å². The van der Waals surface area contributed by atoms with Crippen molar-refractivity contribution in [2.75, 3.05) is 0 Å². The van der Waals surface area contributed by atoms with E-state index in [1.54, 1.807) is 0 Å². The molecule has 4 aromatic rings. The quantitative estimate of drug-likeness (QED) is 0.317. The molecule has 0 spiro atoms. The van der Waals surface area contributed by atoms with Crippen molar-refractivity contribution in [1.82, 2.24) is 9.47 Å². The van der Waals surface area contributed by atoms with E-state index in [9.17, 15) is 9.59 Å². The molecule has 0 aliphatic carbocycles. The zero-order chi connectivity index (χ0) is 22.1. The molecular formula is C26H19ClN2O2S. The molecule has 4 nitrogen and oxygen atoms in total. The molecule has 1 aliphatic rings. The van der Waals surface area contributed by atoms with Crippen LogP contribution in [0.25, 0.3) is 17.0 Å². The number of rotatable bonds is 5. The predicted octanol–water partition coefficient (Wildman–Crippen LogP) is 6.58. The second kappa shape index (κ2) is 8.69. The Bertz CT molecular complexity index is 1360. The Morgan fingerprint density at radius 1 is 0.844 bits per heavy atom. The molecule has 158 valence electrons. The summed E-state index contributed by atoms with van der Waals surface area (Å²) in [6, 6.07) is 25.4. The Hall–Kier alpha value is -3.28. The highest BCUT2D eigenvalue weighted by atomic mass is 35.5. The normalized spacial score (nSPS) is 15.3. The van der Waals surface area contributed by atoms with Gasteiger partial charge in [-0.3, -0.25) is 14.5 Å². The van der Waals surface area contributed by atoms with E-state index in [2.05, 4.69) is 10.6 Å². The van der Waals surface area contributed by atoms with Gasteiger partial charge in [-0.05, 0) is 47.2 Å². The molecule has 3 aromatic carbocycles. The van der Waals surface area contributed by atoms with Gasteiger partial charge >= 0.3 is 0 Å². The van der Waals surface area contributed by atoms with Crippen LogP contribution in [0.15, 0.2) is 90.0 Å². The fourth-order valence-electron chi connectivity index (χ4n) is 3.90. The van der Waals surface area contributed by atoms with Crippen LogP contribution in [-0.4, -0.2) is 20.6 Å². The highest BCUT2D eigenvalue weighted by Crippen LogP contribution is 2.35. The number of hydrogen-bond acceptors (Lipinski definition) is 3. The lowest BCUT2D eigenvalue weighted by atomic mass is 10.1. The van der Waals surface area contributed by atoms with Gasteiger partial charge in [-0.15, -0.1) is 0 Å². The zero-order valence-electron chi connectivity index (χ0n) is 17.1. The molecule has 32 heavy (non-hydrogen) atoms. The first-order valence-corrected chi connectivity index (χ1v) is 11.4. The average molecular weight is 459 g/mol. The van der Waals surface area contributed by atoms with Crippen LogP contribution in [-0.2, 0) is 17.9 Å². The molecule has 2 heterocycles. The minimum absolute atomic E-state index is 0.243. The number of hydrogen-bond donors (Lipinski definition) is 0. The van der Waals surface area contributed by atoms with E-state index in [0.717, 1.165) is 39.4 Å². The van der Waals surface area contributed by atoms with Crippen LogP contribution in [0, 0.1) is 0 Å². The van der Waals surface area contributed by atoms with Crippen LogP contribution in [0.3, 0.4) is 0 Å². The number of carbonyl (C=O) groups excluding carboxylic acids is 2. The molecule has 5 rings (SSSR count). The SMILES string of the molecule is O=C1S/C(=C\c2cn(Cc3cccc(Cl)c3)c3ccccc23)C(=O)N1Cc1ccccc1. The lowest BCUT2D eigenvalue weighted by Crippen LogP contribution is -2.27. The molecule has 1 saturated heterocycles. The summed E-state index contributed by atoms with van der Waals surface area (Å²) in [6.07, 6.45) is 3.85. The Morgan fingerprint density at radius 3 is 2.41 bits per heavy atom. The monoisotopic (exact) mass is 458 g/mol. The summed E-state index contributed by atoms with van der Waals surface area (Å²) in [5, 5.41) is 1.49. The third kappa shape index (κ3) is 4.09. The van der Waals surface area contributed by atoms with Crippen LogP contribution in [0.1, 0.15) is 16.7 Å². The van der Waals surface area contributed by atoms with Gasteiger partial charge in [0, 0.05) is 34.2 Å². The molecule has 6 heteroatoms. The number of benzene rings is 3. The smallest absolute Gasteiger partial charge is 0.293 e. The molecule has 1 aromatic heterocycles. The first-order valence-electron chi connectivity index (χ1n) is 10.2. The van der Waals surface area contributed by atoms with Gasteiger partial charge in [0.05, 0.1) is 11.4 Å². The van der Waals surface area contributed by atoms with E-state index >= 15 is 0 Å². The van der Waals surface area contributed by atoms with Crippen LogP contribution in [0.2, 0.25) is 5.02 Å². The molecule has 0 radical (unpaired) electrons. The maximum atomic E-state index is 13.0. The van der Waals surface area contributed by atoms with Gasteiger partial charge in [-0.2, -0.15) is 0 Å². The number of nitrogens with zero attached hydrogens (tertiary/aromatic N) is 2. The van der Waals surface area contributed by atoms with Crippen molar-refractivity contribution < 1.29 is 9.59 Å². The lowest BCUT2D eigenvalue weighted by Gasteiger charge is -2.12.